The van der Waals surface area contributed by atoms with Crippen LogP contribution in [0, 0.1) is 17.8 Å². The van der Waals surface area contributed by atoms with Crippen molar-refractivity contribution >= 4 is 6.16 Å². The molecule has 0 aromatic rings. The molecule has 0 aromatic carbocycles. The zero-order valence-corrected chi connectivity index (χ0v) is 11.2. The molecule has 0 saturated heterocycles. The summed E-state index contributed by atoms with van der Waals surface area (Å²) in [7, 11) is 0. The van der Waals surface area contributed by atoms with Gasteiger partial charge in [0.2, 0.25) is 0 Å². The van der Waals surface area contributed by atoms with Gasteiger partial charge in [-0.15, -0.1) is 0 Å². The number of carbonyl (C=O) groups is 1. The molecule has 0 fully saturated rings. The smallest absolute Gasteiger partial charge is 0.450 e. The maximum absolute atomic E-state index is 10.6. The third kappa shape index (κ3) is 8.57. The van der Waals surface area contributed by atoms with Crippen LogP contribution in [-0.2, 0) is 4.74 Å². The molecule has 0 heterocycles. The van der Waals surface area contributed by atoms with Gasteiger partial charge in [0.25, 0.3) is 0 Å². The highest BCUT2D eigenvalue weighted by atomic mass is 16.7. The highest BCUT2D eigenvalue weighted by Gasteiger charge is 2.19. The molecule has 96 valence electrons. The second kappa shape index (κ2) is 7.53. The van der Waals surface area contributed by atoms with Crippen LogP contribution in [-0.4, -0.2) is 17.4 Å². The summed E-state index contributed by atoms with van der Waals surface area (Å²) < 4.78 is 4.93. The first kappa shape index (κ1) is 15.3. The van der Waals surface area contributed by atoms with E-state index in [1.807, 2.05) is 0 Å². The summed E-state index contributed by atoms with van der Waals surface area (Å²) >= 11 is 0. The van der Waals surface area contributed by atoms with E-state index in [-0.39, 0.29) is 6.10 Å². The topological polar surface area (TPSA) is 46.5 Å². The van der Waals surface area contributed by atoms with Crippen LogP contribution in [0.5, 0.6) is 0 Å². The number of ether oxygens (including phenoxy) is 1. The normalized spacial score (nSPS) is 15.2. The van der Waals surface area contributed by atoms with Crippen LogP contribution >= 0.6 is 0 Å². The van der Waals surface area contributed by atoms with Gasteiger partial charge in [-0.05, 0) is 37.0 Å². The molecular formula is C13H26O3. The lowest BCUT2D eigenvalue weighted by Crippen LogP contribution is -2.22. The van der Waals surface area contributed by atoms with Crippen LogP contribution in [0.25, 0.3) is 0 Å². The van der Waals surface area contributed by atoms with Crippen LogP contribution < -0.4 is 0 Å². The maximum Gasteiger partial charge on any atom is 0.506 e. The van der Waals surface area contributed by atoms with Gasteiger partial charge in [0.1, 0.15) is 6.10 Å². The molecule has 3 nitrogen and oxygen atoms in total. The lowest BCUT2D eigenvalue weighted by Gasteiger charge is -2.22. The first-order valence-electron chi connectivity index (χ1n) is 6.20. The van der Waals surface area contributed by atoms with E-state index in [1.165, 1.54) is 0 Å². The molecule has 0 rings (SSSR count). The van der Waals surface area contributed by atoms with Crippen molar-refractivity contribution in [2.45, 2.75) is 60.0 Å². The Bertz CT molecular complexity index is 199. The lowest BCUT2D eigenvalue weighted by molar-refractivity contribution is 0.0317. The molecular weight excluding hydrogens is 204 g/mol. The van der Waals surface area contributed by atoms with Gasteiger partial charge < -0.3 is 9.84 Å². The Balaban J connectivity index is 4.13. The predicted molar refractivity (Wildman–Crippen MR) is 65.6 cm³/mol. The van der Waals surface area contributed by atoms with Crippen LogP contribution in [0.3, 0.4) is 0 Å². The van der Waals surface area contributed by atoms with Gasteiger partial charge in [-0.1, -0.05) is 34.6 Å². The second-order valence-corrected chi connectivity index (χ2v) is 5.61. The molecule has 0 radical (unpaired) electrons. The Morgan fingerprint density at radius 3 is 1.88 bits per heavy atom. The first-order valence-corrected chi connectivity index (χ1v) is 6.20. The zero-order valence-electron chi connectivity index (χ0n) is 11.2. The minimum absolute atomic E-state index is 0.147. The van der Waals surface area contributed by atoms with Gasteiger partial charge >= 0.3 is 6.16 Å². The molecule has 0 bridgehead atoms. The van der Waals surface area contributed by atoms with Crippen LogP contribution in [0.2, 0.25) is 0 Å². The molecule has 2 unspecified atom stereocenters. The summed E-state index contributed by atoms with van der Waals surface area (Å²) in [5.41, 5.74) is 0. The Morgan fingerprint density at radius 1 is 1.00 bits per heavy atom. The molecule has 0 spiro atoms. The minimum Gasteiger partial charge on any atom is -0.450 e. The average Bonchev–Trinajstić information content (AvgIpc) is 1.97. The second-order valence-electron chi connectivity index (χ2n) is 5.61. The first-order chi connectivity index (χ1) is 7.31. The van der Waals surface area contributed by atoms with Gasteiger partial charge in [-0.25, -0.2) is 4.79 Å². The van der Waals surface area contributed by atoms with Gasteiger partial charge in [-0.2, -0.15) is 0 Å². The number of carboxylic acid groups (broad SMARTS) is 1. The molecule has 0 aliphatic heterocycles. The third-order valence-corrected chi connectivity index (χ3v) is 2.54. The molecule has 16 heavy (non-hydrogen) atoms. The van der Waals surface area contributed by atoms with E-state index in [1.54, 1.807) is 0 Å². The standard InChI is InChI=1S/C13H26O3/c1-9(2)6-11(5)8-12(7-10(3)4)16-13(14)15/h9-12H,6-8H2,1-5H3,(H,14,15). The SMILES string of the molecule is CC(C)CC(C)CC(CC(C)C)OC(=O)O. The Labute approximate surface area is 99.2 Å². The van der Waals surface area contributed by atoms with E-state index in [9.17, 15) is 4.79 Å². The zero-order chi connectivity index (χ0) is 12.7. The summed E-state index contributed by atoms with van der Waals surface area (Å²) in [6, 6.07) is 0. The maximum atomic E-state index is 10.6. The summed E-state index contributed by atoms with van der Waals surface area (Å²) in [6.45, 7) is 10.7. The molecule has 0 aliphatic rings. The van der Waals surface area contributed by atoms with Crippen molar-refractivity contribution in [3.63, 3.8) is 0 Å². The lowest BCUT2D eigenvalue weighted by atomic mass is 9.91. The van der Waals surface area contributed by atoms with Crippen molar-refractivity contribution in [3.8, 4) is 0 Å². The van der Waals surface area contributed by atoms with Crippen molar-refractivity contribution in [1.29, 1.82) is 0 Å². The Morgan fingerprint density at radius 2 is 1.50 bits per heavy atom. The summed E-state index contributed by atoms with van der Waals surface area (Å²) in [5, 5.41) is 8.67. The van der Waals surface area contributed by atoms with E-state index in [4.69, 9.17) is 9.84 Å². The summed E-state index contributed by atoms with van der Waals surface area (Å²) in [4.78, 5) is 10.6. The van der Waals surface area contributed by atoms with E-state index in [0.717, 1.165) is 19.3 Å². The number of rotatable bonds is 7. The highest BCUT2D eigenvalue weighted by molar-refractivity contribution is 5.57. The monoisotopic (exact) mass is 230 g/mol. The van der Waals surface area contributed by atoms with Crippen LogP contribution in [0.15, 0.2) is 0 Å². The van der Waals surface area contributed by atoms with E-state index in [2.05, 4.69) is 34.6 Å². The van der Waals surface area contributed by atoms with Crippen molar-refractivity contribution in [1.82, 2.24) is 0 Å². The molecule has 0 amide bonds. The molecule has 2 atom stereocenters. The van der Waals surface area contributed by atoms with Gasteiger partial charge in [-0.3, -0.25) is 0 Å². The van der Waals surface area contributed by atoms with E-state index in [0.29, 0.717) is 17.8 Å². The fraction of sp³-hybridized carbons (Fsp3) is 0.923. The average molecular weight is 230 g/mol. The van der Waals surface area contributed by atoms with Gasteiger partial charge in [0.15, 0.2) is 0 Å². The summed E-state index contributed by atoms with van der Waals surface area (Å²) in [5.74, 6) is 1.64. The van der Waals surface area contributed by atoms with Crippen molar-refractivity contribution < 1.29 is 14.6 Å². The van der Waals surface area contributed by atoms with Crippen molar-refractivity contribution in [3.05, 3.63) is 0 Å². The minimum atomic E-state index is -1.15. The Hall–Kier alpha value is -0.730. The molecule has 3 heteroatoms. The quantitative estimate of drug-likeness (QED) is 0.668. The highest BCUT2D eigenvalue weighted by Crippen LogP contribution is 2.21. The predicted octanol–water partition coefficient (Wildman–Crippen LogP) is 4.17. The number of hydrogen-bond acceptors (Lipinski definition) is 2. The van der Waals surface area contributed by atoms with Crippen molar-refractivity contribution in [2.24, 2.45) is 17.8 Å². The molecule has 0 aromatic heterocycles. The van der Waals surface area contributed by atoms with E-state index < -0.39 is 6.16 Å². The third-order valence-electron chi connectivity index (χ3n) is 2.54. The fourth-order valence-corrected chi connectivity index (χ4v) is 2.21. The summed E-state index contributed by atoms with van der Waals surface area (Å²) in [6.07, 6.45) is 1.48. The van der Waals surface area contributed by atoms with Crippen molar-refractivity contribution in [2.75, 3.05) is 0 Å². The van der Waals surface area contributed by atoms with Gasteiger partial charge in [0.05, 0.1) is 0 Å². The van der Waals surface area contributed by atoms with Crippen LogP contribution in [0.4, 0.5) is 4.79 Å². The number of hydrogen-bond donors (Lipinski definition) is 1. The molecule has 1 N–H and O–H groups in total. The van der Waals surface area contributed by atoms with Crippen LogP contribution in [0.1, 0.15) is 53.9 Å². The fourth-order valence-electron chi connectivity index (χ4n) is 2.21. The van der Waals surface area contributed by atoms with E-state index >= 15 is 0 Å². The largest absolute Gasteiger partial charge is 0.506 e. The molecule has 0 aliphatic carbocycles. The van der Waals surface area contributed by atoms with Gasteiger partial charge in [0, 0.05) is 0 Å². The molecule has 0 saturated carbocycles. The Kier molecular flexibility index (Phi) is 7.18.